The number of imide groups is 1. The zero-order valence-corrected chi connectivity index (χ0v) is 12.8. The summed E-state index contributed by atoms with van der Waals surface area (Å²) < 4.78 is 4.94. The van der Waals surface area contributed by atoms with E-state index in [4.69, 9.17) is 4.74 Å². The summed E-state index contributed by atoms with van der Waals surface area (Å²) in [6.45, 7) is 3.60. The monoisotopic (exact) mass is 316 g/mol. The number of anilines is 1. The van der Waals surface area contributed by atoms with Gasteiger partial charge < -0.3 is 4.74 Å². The molecule has 2 amide bonds. The zero-order chi connectivity index (χ0) is 15.9. The van der Waals surface area contributed by atoms with Crippen LogP contribution in [0.3, 0.4) is 0 Å². The zero-order valence-electron chi connectivity index (χ0n) is 12.0. The van der Waals surface area contributed by atoms with Crippen molar-refractivity contribution < 1.29 is 19.1 Å². The molecule has 7 heteroatoms. The molecule has 0 aliphatic carbocycles. The Morgan fingerprint density at radius 3 is 2.36 bits per heavy atom. The minimum absolute atomic E-state index is 0.187. The van der Waals surface area contributed by atoms with Crippen LogP contribution in [0.1, 0.15) is 43.0 Å². The Bertz CT molecular complexity index is 762. The molecule has 1 aliphatic heterocycles. The van der Waals surface area contributed by atoms with E-state index in [9.17, 15) is 14.4 Å². The van der Waals surface area contributed by atoms with Gasteiger partial charge in [-0.1, -0.05) is 23.5 Å². The first-order valence-electron chi connectivity index (χ1n) is 6.67. The van der Waals surface area contributed by atoms with Crippen LogP contribution in [-0.4, -0.2) is 29.4 Å². The van der Waals surface area contributed by atoms with E-state index < -0.39 is 17.8 Å². The summed E-state index contributed by atoms with van der Waals surface area (Å²) in [5, 5.41) is 0.187. The molecule has 0 saturated carbocycles. The van der Waals surface area contributed by atoms with Crippen LogP contribution in [0.2, 0.25) is 0 Å². The smallest absolute Gasteiger partial charge is 0.350 e. The Morgan fingerprint density at radius 2 is 1.82 bits per heavy atom. The van der Waals surface area contributed by atoms with Crippen LogP contribution in [0.25, 0.3) is 0 Å². The van der Waals surface area contributed by atoms with Gasteiger partial charge in [-0.2, -0.15) is 0 Å². The number of thiazole rings is 1. The largest absolute Gasteiger partial charge is 0.462 e. The highest BCUT2D eigenvalue weighted by atomic mass is 32.1. The molecule has 3 rings (SSSR count). The van der Waals surface area contributed by atoms with E-state index in [1.165, 1.54) is 0 Å². The van der Waals surface area contributed by atoms with Gasteiger partial charge in [0, 0.05) is 0 Å². The number of benzene rings is 1. The SMILES string of the molecule is CCOC(=O)c1sc(N2C(=O)c3ccccc3C2=O)nc1C. The molecule has 0 unspecified atom stereocenters. The van der Waals surface area contributed by atoms with Crippen molar-refractivity contribution in [3.63, 3.8) is 0 Å². The Kier molecular flexibility index (Phi) is 3.50. The average Bonchev–Trinajstić information content (AvgIpc) is 2.99. The average molecular weight is 316 g/mol. The molecule has 0 fully saturated rings. The van der Waals surface area contributed by atoms with Gasteiger partial charge in [-0.3, -0.25) is 9.59 Å². The van der Waals surface area contributed by atoms with Gasteiger partial charge in [0.15, 0.2) is 0 Å². The van der Waals surface area contributed by atoms with Gasteiger partial charge in [-0.05, 0) is 26.0 Å². The van der Waals surface area contributed by atoms with Crippen LogP contribution in [0.15, 0.2) is 24.3 Å². The number of esters is 1. The molecule has 22 heavy (non-hydrogen) atoms. The Morgan fingerprint density at radius 1 is 1.23 bits per heavy atom. The molecule has 0 atom stereocenters. The first-order valence-corrected chi connectivity index (χ1v) is 7.48. The topological polar surface area (TPSA) is 76.6 Å². The second kappa shape index (κ2) is 5.34. The number of nitrogens with zero attached hydrogens (tertiary/aromatic N) is 2. The van der Waals surface area contributed by atoms with E-state index in [2.05, 4.69) is 4.98 Å². The fourth-order valence-electron chi connectivity index (χ4n) is 2.23. The predicted molar refractivity (Wildman–Crippen MR) is 80.4 cm³/mol. The number of carbonyl (C=O) groups is 3. The fourth-order valence-corrected chi connectivity index (χ4v) is 3.18. The second-order valence-electron chi connectivity index (χ2n) is 4.62. The van der Waals surface area contributed by atoms with Gasteiger partial charge in [0.1, 0.15) is 4.88 Å². The van der Waals surface area contributed by atoms with Gasteiger partial charge >= 0.3 is 5.97 Å². The molecule has 0 spiro atoms. The van der Waals surface area contributed by atoms with Crippen LogP contribution in [-0.2, 0) is 4.74 Å². The Labute approximate surface area is 130 Å². The third-order valence-electron chi connectivity index (χ3n) is 3.23. The molecular weight excluding hydrogens is 304 g/mol. The first-order chi connectivity index (χ1) is 10.5. The van der Waals surface area contributed by atoms with Crippen LogP contribution in [0.5, 0.6) is 0 Å². The van der Waals surface area contributed by atoms with E-state index in [1.807, 2.05) is 0 Å². The van der Waals surface area contributed by atoms with Crippen molar-refractivity contribution in [2.45, 2.75) is 13.8 Å². The lowest BCUT2D eigenvalue weighted by Crippen LogP contribution is -2.29. The van der Waals surface area contributed by atoms with Gasteiger partial charge in [-0.15, -0.1) is 0 Å². The van der Waals surface area contributed by atoms with Crippen molar-refractivity contribution in [2.75, 3.05) is 11.5 Å². The number of hydrogen-bond acceptors (Lipinski definition) is 6. The van der Waals surface area contributed by atoms with Crippen LogP contribution >= 0.6 is 11.3 Å². The lowest BCUT2D eigenvalue weighted by Gasteiger charge is -2.08. The number of hydrogen-bond donors (Lipinski definition) is 0. The van der Waals surface area contributed by atoms with E-state index in [0.29, 0.717) is 21.7 Å². The molecule has 0 saturated heterocycles. The van der Waals surface area contributed by atoms with Crippen molar-refractivity contribution in [2.24, 2.45) is 0 Å². The second-order valence-corrected chi connectivity index (χ2v) is 5.60. The van der Waals surface area contributed by atoms with Gasteiger partial charge in [-0.25, -0.2) is 14.7 Å². The maximum Gasteiger partial charge on any atom is 0.350 e. The highest BCUT2D eigenvalue weighted by Crippen LogP contribution is 2.33. The van der Waals surface area contributed by atoms with Crippen LogP contribution in [0.4, 0.5) is 5.13 Å². The third kappa shape index (κ3) is 2.10. The van der Waals surface area contributed by atoms with Crippen molar-refractivity contribution >= 4 is 34.3 Å². The summed E-state index contributed by atoms with van der Waals surface area (Å²) >= 11 is 0.982. The standard InChI is InChI=1S/C15H12N2O4S/c1-3-21-14(20)11-8(2)16-15(22-11)17-12(18)9-6-4-5-7-10(9)13(17)19/h4-7H,3H2,1-2H3. The van der Waals surface area contributed by atoms with Gasteiger partial charge in [0.25, 0.3) is 11.8 Å². The lowest BCUT2D eigenvalue weighted by atomic mass is 10.1. The highest BCUT2D eigenvalue weighted by Gasteiger charge is 2.38. The number of aromatic nitrogens is 1. The lowest BCUT2D eigenvalue weighted by molar-refractivity contribution is 0.0530. The number of amides is 2. The maximum absolute atomic E-state index is 12.4. The molecule has 0 radical (unpaired) electrons. The molecule has 2 heterocycles. The normalized spacial score (nSPS) is 13.5. The molecule has 6 nitrogen and oxygen atoms in total. The summed E-state index contributed by atoms with van der Waals surface area (Å²) in [6, 6.07) is 6.60. The van der Waals surface area contributed by atoms with Gasteiger partial charge in [0.2, 0.25) is 5.13 Å². The van der Waals surface area contributed by atoms with Crippen molar-refractivity contribution in [1.82, 2.24) is 4.98 Å². The molecule has 2 aromatic rings. The van der Waals surface area contributed by atoms with Crippen molar-refractivity contribution in [3.05, 3.63) is 46.0 Å². The third-order valence-corrected chi connectivity index (χ3v) is 4.35. The number of aryl methyl sites for hydroxylation is 1. The highest BCUT2D eigenvalue weighted by molar-refractivity contribution is 7.18. The van der Waals surface area contributed by atoms with E-state index in [-0.39, 0.29) is 11.7 Å². The number of fused-ring (bicyclic) bond motifs is 1. The molecular formula is C15H12N2O4S. The minimum atomic E-state index is -0.500. The van der Waals surface area contributed by atoms with Crippen molar-refractivity contribution in [3.8, 4) is 0 Å². The fraction of sp³-hybridized carbons (Fsp3) is 0.200. The Hall–Kier alpha value is -2.54. The Balaban J connectivity index is 2.00. The minimum Gasteiger partial charge on any atom is -0.462 e. The predicted octanol–water partition coefficient (Wildman–Crippen LogP) is 2.43. The quantitative estimate of drug-likeness (QED) is 0.642. The summed E-state index contributed by atoms with van der Waals surface area (Å²) in [6.07, 6.45) is 0. The summed E-state index contributed by atoms with van der Waals surface area (Å²) in [7, 11) is 0. The molecule has 1 aliphatic rings. The van der Waals surface area contributed by atoms with E-state index in [1.54, 1.807) is 38.1 Å². The summed E-state index contributed by atoms with van der Waals surface area (Å²) in [5.74, 6) is -1.35. The molecule has 112 valence electrons. The summed E-state index contributed by atoms with van der Waals surface area (Å²) in [5.41, 5.74) is 1.13. The molecule has 0 bridgehead atoms. The summed E-state index contributed by atoms with van der Waals surface area (Å²) in [4.78, 5) is 42.1. The molecule has 1 aromatic heterocycles. The van der Waals surface area contributed by atoms with E-state index in [0.717, 1.165) is 16.2 Å². The number of ether oxygens (including phenoxy) is 1. The van der Waals surface area contributed by atoms with E-state index >= 15 is 0 Å². The molecule has 0 N–H and O–H groups in total. The van der Waals surface area contributed by atoms with Crippen molar-refractivity contribution in [1.29, 1.82) is 0 Å². The molecule has 1 aromatic carbocycles. The number of rotatable bonds is 3. The van der Waals surface area contributed by atoms with Gasteiger partial charge in [0.05, 0.1) is 23.4 Å². The first kappa shape index (κ1) is 14.4. The maximum atomic E-state index is 12.4. The van der Waals surface area contributed by atoms with Crippen LogP contribution < -0.4 is 4.90 Å². The number of carbonyl (C=O) groups excluding carboxylic acids is 3. The van der Waals surface area contributed by atoms with Crippen LogP contribution in [0, 0.1) is 6.92 Å².